The van der Waals surface area contributed by atoms with Gasteiger partial charge in [-0.15, -0.1) is 0 Å². The van der Waals surface area contributed by atoms with Crippen LogP contribution >= 0.6 is 0 Å². The Labute approximate surface area is 159 Å². The maximum absolute atomic E-state index is 11.1. The number of nitrogens with zero attached hydrogens (tertiary/aromatic N) is 2. The van der Waals surface area contributed by atoms with Crippen LogP contribution in [-0.4, -0.2) is 31.1 Å². The highest BCUT2D eigenvalue weighted by molar-refractivity contribution is 5.79. The van der Waals surface area contributed by atoms with E-state index in [-0.39, 0.29) is 10.6 Å². The molecular weight excluding hydrogens is 344 g/mol. The smallest absolute Gasteiger partial charge is 0.274 e. The summed E-state index contributed by atoms with van der Waals surface area (Å²) in [6, 6.07) is 16.7. The van der Waals surface area contributed by atoms with Crippen molar-refractivity contribution in [2.45, 2.75) is 20.1 Å². The summed E-state index contributed by atoms with van der Waals surface area (Å²) in [6.07, 6.45) is 0. The quantitative estimate of drug-likeness (QED) is 0.306. The number of nitro groups is 1. The zero-order valence-corrected chi connectivity index (χ0v) is 15.7. The van der Waals surface area contributed by atoms with E-state index in [0.717, 1.165) is 5.56 Å². The predicted octanol–water partition coefficient (Wildman–Crippen LogP) is 3.11. The van der Waals surface area contributed by atoms with E-state index < -0.39 is 0 Å². The number of benzene rings is 2. The largest absolute Gasteiger partial charge is 0.376 e. The van der Waals surface area contributed by atoms with Gasteiger partial charge in [0.2, 0.25) is 0 Å². The monoisotopic (exact) mass is 370 g/mol. The molecule has 0 saturated carbocycles. The molecule has 2 aromatic carbocycles. The third kappa shape index (κ3) is 7.07. The third-order valence-electron chi connectivity index (χ3n) is 3.99. The van der Waals surface area contributed by atoms with Crippen molar-refractivity contribution in [1.82, 2.24) is 10.6 Å². The molecule has 7 heteroatoms. The molecule has 2 rings (SSSR count). The van der Waals surface area contributed by atoms with E-state index in [0.29, 0.717) is 43.7 Å². The number of nitro benzene ring substituents is 1. The molecule has 2 N–H and O–H groups in total. The summed E-state index contributed by atoms with van der Waals surface area (Å²) in [4.78, 5) is 14.9. The van der Waals surface area contributed by atoms with Crippen molar-refractivity contribution in [3.63, 3.8) is 0 Å². The molecule has 0 bridgehead atoms. The molecule has 7 nitrogen and oxygen atoms in total. The lowest BCUT2D eigenvalue weighted by atomic mass is 10.2. The maximum Gasteiger partial charge on any atom is 0.274 e. The fraction of sp³-hybridized carbons (Fsp3) is 0.350. The van der Waals surface area contributed by atoms with Crippen molar-refractivity contribution in [3.8, 4) is 0 Å². The van der Waals surface area contributed by atoms with Crippen molar-refractivity contribution in [2.24, 2.45) is 10.9 Å². The lowest BCUT2D eigenvalue weighted by molar-refractivity contribution is -0.385. The minimum atomic E-state index is -0.376. The Morgan fingerprint density at radius 1 is 1.15 bits per heavy atom. The van der Waals surface area contributed by atoms with Crippen LogP contribution in [0.4, 0.5) is 5.69 Å². The normalized spacial score (nSPS) is 12.4. The Hall–Kier alpha value is -2.93. The first-order valence-electron chi connectivity index (χ1n) is 8.88. The van der Waals surface area contributed by atoms with E-state index >= 15 is 0 Å². The first-order chi connectivity index (χ1) is 13.1. The second-order valence-corrected chi connectivity index (χ2v) is 6.30. The van der Waals surface area contributed by atoms with Crippen LogP contribution in [0.1, 0.15) is 18.1 Å². The van der Waals surface area contributed by atoms with Gasteiger partial charge in [-0.2, -0.15) is 0 Å². The molecule has 0 aliphatic rings. The standard InChI is InChI=1S/C20H26N4O3/c1-16(14-27-15-17-8-4-3-5-9-17)12-22-20(21-2)23-13-18-10-6-7-11-19(18)24(25)26/h3-11,16H,12-15H2,1-2H3,(H2,21,22,23). The van der Waals surface area contributed by atoms with E-state index in [2.05, 4.69) is 22.5 Å². The first kappa shape index (κ1) is 20.4. The molecule has 0 fully saturated rings. The van der Waals surface area contributed by atoms with Gasteiger partial charge >= 0.3 is 0 Å². The molecule has 144 valence electrons. The summed E-state index contributed by atoms with van der Waals surface area (Å²) in [5.74, 6) is 0.890. The van der Waals surface area contributed by atoms with Crippen LogP contribution in [0.25, 0.3) is 0 Å². The molecule has 0 aliphatic carbocycles. The molecule has 0 amide bonds. The summed E-state index contributed by atoms with van der Waals surface area (Å²) in [7, 11) is 1.67. The van der Waals surface area contributed by atoms with E-state index in [1.54, 1.807) is 25.2 Å². The van der Waals surface area contributed by atoms with Crippen LogP contribution in [0.15, 0.2) is 59.6 Å². The summed E-state index contributed by atoms with van der Waals surface area (Å²) in [5.41, 5.74) is 1.87. The molecule has 27 heavy (non-hydrogen) atoms. The average Bonchev–Trinajstić information content (AvgIpc) is 2.69. The van der Waals surface area contributed by atoms with Gasteiger partial charge in [0.25, 0.3) is 5.69 Å². The lowest BCUT2D eigenvalue weighted by Crippen LogP contribution is -2.39. The SMILES string of the molecule is CN=C(NCc1ccccc1[N+](=O)[O-])NCC(C)COCc1ccccc1. The van der Waals surface area contributed by atoms with Gasteiger partial charge in [-0.3, -0.25) is 15.1 Å². The topological polar surface area (TPSA) is 88.8 Å². The Balaban J connectivity index is 1.73. The highest BCUT2D eigenvalue weighted by Crippen LogP contribution is 2.16. The number of aliphatic imine (C=N–C) groups is 1. The Morgan fingerprint density at radius 3 is 2.56 bits per heavy atom. The predicted molar refractivity (Wildman–Crippen MR) is 107 cm³/mol. The zero-order valence-electron chi connectivity index (χ0n) is 15.7. The highest BCUT2D eigenvalue weighted by atomic mass is 16.6. The maximum atomic E-state index is 11.1. The van der Waals surface area contributed by atoms with Gasteiger partial charge < -0.3 is 15.4 Å². The minimum absolute atomic E-state index is 0.100. The third-order valence-corrected chi connectivity index (χ3v) is 3.99. The average molecular weight is 370 g/mol. The van der Waals surface area contributed by atoms with Gasteiger partial charge in [-0.25, -0.2) is 0 Å². The Morgan fingerprint density at radius 2 is 1.85 bits per heavy atom. The van der Waals surface area contributed by atoms with Gasteiger partial charge in [0.15, 0.2) is 5.96 Å². The summed E-state index contributed by atoms with van der Waals surface area (Å²) < 4.78 is 5.74. The van der Waals surface area contributed by atoms with Gasteiger partial charge in [0.1, 0.15) is 0 Å². The molecule has 0 saturated heterocycles. The second kappa shape index (κ2) is 10.9. The van der Waals surface area contributed by atoms with Crippen molar-refractivity contribution in [1.29, 1.82) is 0 Å². The van der Waals surface area contributed by atoms with E-state index in [1.807, 2.05) is 30.3 Å². The second-order valence-electron chi connectivity index (χ2n) is 6.30. The Bertz CT molecular complexity index is 750. The highest BCUT2D eigenvalue weighted by Gasteiger charge is 2.12. The molecule has 0 radical (unpaired) electrons. The number of nitrogens with one attached hydrogen (secondary N) is 2. The van der Waals surface area contributed by atoms with E-state index in [4.69, 9.17) is 4.74 Å². The van der Waals surface area contributed by atoms with Gasteiger partial charge in [0.05, 0.1) is 18.1 Å². The van der Waals surface area contributed by atoms with Crippen LogP contribution in [0.5, 0.6) is 0 Å². The zero-order chi connectivity index (χ0) is 19.5. The van der Waals surface area contributed by atoms with Crippen molar-refractivity contribution in [3.05, 3.63) is 75.8 Å². The fourth-order valence-corrected chi connectivity index (χ4v) is 2.52. The number of hydrogen-bond acceptors (Lipinski definition) is 4. The molecule has 1 unspecified atom stereocenters. The number of rotatable bonds is 9. The molecule has 2 aromatic rings. The minimum Gasteiger partial charge on any atom is -0.376 e. The molecular formula is C20H26N4O3. The van der Waals surface area contributed by atoms with Crippen LogP contribution in [0.3, 0.4) is 0 Å². The fourth-order valence-electron chi connectivity index (χ4n) is 2.52. The molecule has 0 heterocycles. The molecule has 0 aromatic heterocycles. The van der Waals surface area contributed by atoms with Crippen LogP contribution in [-0.2, 0) is 17.9 Å². The number of ether oxygens (including phenoxy) is 1. The van der Waals surface area contributed by atoms with Crippen molar-refractivity contribution in [2.75, 3.05) is 20.2 Å². The van der Waals surface area contributed by atoms with Gasteiger partial charge in [-0.1, -0.05) is 55.5 Å². The molecule has 0 aliphatic heterocycles. The number of hydrogen-bond donors (Lipinski definition) is 2. The summed E-state index contributed by atoms with van der Waals surface area (Å²) in [5, 5.41) is 17.4. The number of para-hydroxylation sites is 1. The Kier molecular flexibility index (Phi) is 8.25. The van der Waals surface area contributed by atoms with Gasteiger partial charge in [-0.05, 0) is 11.5 Å². The van der Waals surface area contributed by atoms with E-state index in [9.17, 15) is 10.1 Å². The van der Waals surface area contributed by atoms with Crippen molar-refractivity contribution < 1.29 is 9.66 Å². The number of guanidine groups is 1. The van der Waals surface area contributed by atoms with Crippen molar-refractivity contribution >= 4 is 11.6 Å². The van der Waals surface area contributed by atoms with Crippen LogP contribution in [0, 0.1) is 16.0 Å². The van der Waals surface area contributed by atoms with Crippen LogP contribution < -0.4 is 10.6 Å². The van der Waals surface area contributed by atoms with E-state index in [1.165, 1.54) is 6.07 Å². The summed E-state index contributed by atoms with van der Waals surface area (Å²) >= 11 is 0. The lowest BCUT2D eigenvalue weighted by Gasteiger charge is -2.16. The summed E-state index contributed by atoms with van der Waals surface area (Å²) in [6.45, 7) is 4.33. The van der Waals surface area contributed by atoms with Gasteiger partial charge in [0, 0.05) is 31.8 Å². The molecule has 0 spiro atoms. The molecule has 1 atom stereocenters. The first-order valence-corrected chi connectivity index (χ1v) is 8.88. The van der Waals surface area contributed by atoms with Crippen LogP contribution in [0.2, 0.25) is 0 Å².